The van der Waals surface area contributed by atoms with Crippen molar-refractivity contribution in [3.05, 3.63) is 36.4 Å². The van der Waals surface area contributed by atoms with Gasteiger partial charge in [-0.25, -0.2) is 0 Å². The molecule has 72 heavy (non-hydrogen) atoms. The maximum atomic E-state index is 13.6. The SMILES string of the molecule is COc1cc(-c2ccc(NC(=O)CN3CCN(CC(=O)O)CCN(CC(=O)O)CCN(CC(=O)O)CC3)c(OC)c2)ccc1NC(=O)CN1CCN(CC(=O)O)CCN(CC(=O)O)CCN(CC(=O)O)CC1. The van der Waals surface area contributed by atoms with Crippen LogP contribution in [-0.4, -0.2) is 289 Å². The summed E-state index contributed by atoms with van der Waals surface area (Å²) < 4.78 is 11.3. The lowest BCUT2D eigenvalue weighted by Crippen LogP contribution is -2.49. The highest BCUT2D eigenvalue weighted by Crippen LogP contribution is 2.35. The third kappa shape index (κ3) is 21.5. The number of aliphatic carboxylic acids is 6. The van der Waals surface area contributed by atoms with Crippen LogP contribution in [0.25, 0.3) is 11.1 Å². The lowest BCUT2D eigenvalue weighted by molar-refractivity contribution is -0.140. The van der Waals surface area contributed by atoms with Gasteiger partial charge >= 0.3 is 35.8 Å². The van der Waals surface area contributed by atoms with Crippen molar-refractivity contribution in [2.75, 3.05) is 182 Å². The second-order valence-corrected chi connectivity index (χ2v) is 17.5. The molecule has 0 spiro atoms. The zero-order valence-electron chi connectivity index (χ0n) is 40.8. The Morgan fingerprint density at radius 1 is 0.361 bits per heavy atom. The van der Waals surface area contributed by atoms with Crippen LogP contribution in [0, 0.1) is 0 Å². The molecule has 2 aromatic carbocycles. The molecule has 2 aliphatic heterocycles. The van der Waals surface area contributed by atoms with E-state index in [1.807, 2.05) is 0 Å². The quantitative estimate of drug-likeness (QED) is 0.0684. The van der Waals surface area contributed by atoms with E-state index < -0.39 is 47.6 Å². The summed E-state index contributed by atoms with van der Waals surface area (Å²) in [5.74, 6) is -6.54. The average Bonchev–Trinajstić information content (AvgIpc) is 3.29. The largest absolute Gasteiger partial charge is 0.495 e. The van der Waals surface area contributed by atoms with Gasteiger partial charge in [0.15, 0.2) is 0 Å². The highest BCUT2D eigenvalue weighted by atomic mass is 16.5. The van der Waals surface area contributed by atoms with Crippen LogP contribution in [0.1, 0.15) is 0 Å². The van der Waals surface area contributed by atoms with Gasteiger partial charge < -0.3 is 50.7 Å². The molecule has 0 saturated carbocycles. The molecule has 0 aromatic heterocycles. The first-order chi connectivity index (χ1) is 34.3. The number of hydrogen-bond donors (Lipinski definition) is 8. The van der Waals surface area contributed by atoms with Gasteiger partial charge in [-0.3, -0.25) is 77.6 Å². The van der Waals surface area contributed by atoms with Crippen molar-refractivity contribution in [3.8, 4) is 22.6 Å². The second kappa shape index (κ2) is 29.7. The number of carboxylic acid groups (broad SMARTS) is 6. The van der Waals surface area contributed by atoms with Crippen molar-refractivity contribution in [2.24, 2.45) is 0 Å². The molecule has 0 atom stereocenters. The van der Waals surface area contributed by atoms with Gasteiger partial charge in [0.05, 0.1) is 78.0 Å². The molecular formula is C46H68N10O16. The van der Waals surface area contributed by atoms with E-state index in [2.05, 4.69) is 10.6 Å². The minimum Gasteiger partial charge on any atom is -0.495 e. The van der Waals surface area contributed by atoms with Gasteiger partial charge in [0.2, 0.25) is 11.8 Å². The Kier molecular flexibility index (Phi) is 24.0. The molecule has 2 amide bonds. The maximum absolute atomic E-state index is 13.6. The highest BCUT2D eigenvalue weighted by molar-refractivity contribution is 5.95. The molecule has 2 aromatic rings. The highest BCUT2D eigenvalue weighted by Gasteiger charge is 2.24. The van der Waals surface area contributed by atoms with Crippen molar-refractivity contribution >= 4 is 59.0 Å². The zero-order valence-corrected chi connectivity index (χ0v) is 40.8. The van der Waals surface area contributed by atoms with Gasteiger partial charge in [-0.15, -0.1) is 0 Å². The van der Waals surface area contributed by atoms with Crippen molar-refractivity contribution < 1.29 is 78.5 Å². The fraction of sp³-hybridized carbons (Fsp3) is 0.565. The van der Waals surface area contributed by atoms with Gasteiger partial charge in [-0.2, -0.15) is 0 Å². The van der Waals surface area contributed by atoms with Crippen LogP contribution in [0.5, 0.6) is 11.5 Å². The van der Waals surface area contributed by atoms with Gasteiger partial charge in [0.25, 0.3) is 0 Å². The molecule has 0 radical (unpaired) electrons. The second-order valence-electron chi connectivity index (χ2n) is 17.5. The van der Waals surface area contributed by atoms with Crippen LogP contribution in [0.4, 0.5) is 11.4 Å². The summed E-state index contributed by atoms with van der Waals surface area (Å²) in [6.07, 6.45) is 0. The number of methoxy groups -OCH3 is 2. The fourth-order valence-corrected chi connectivity index (χ4v) is 8.30. The van der Waals surface area contributed by atoms with E-state index in [1.165, 1.54) is 14.2 Å². The number of hydrogen-bond acceptors (Lipinski definition) is 18. The van der Waals surface area contributed by atoms with Gasteiger partial charge in [-0.05, 0) is 35.4 Å². The number of benzene rings is 2. The Bertz CT molecular complexity index is 1970. The summed E-state index contributed by atoms with van der Waals surface area (Å²) in [5, 5.41) is 62.9. The molecule has 26 nitrogen and oxygen atoms in total. The van der Waals surface area contributed by atoms with Crippen molar-refractivity contribution in [1.29, 1.82) is 0 Å². The maximum Gasteiger partial charge on any atom is 0.317 e. The summed E-state index contributed by atoms with van der Waals surface area (Å²) in [6, 6.07) is 10.3. The Morgan fingerprint density at radius 3 is 0.736 bits per heavy atom. The van der Waals surface area contributed by atoms with E-state index in [1.54, 1.807) is 75.6 Å². The lowest BCUT2D eigenvalue weighted by atomic mass is 10.0. The number of anilines is 2. The molecular weight excluding hydrogens is 949 g/mol. The van der Waals surface area contributed by atoms with E-state index in [0.717, 1.165) is 0 Å². The summed E-state index contributed by atoms with van der Waals surface area (Å²) in [5.41, 5.74) is 2.05. The molecule has 0 bridgehead atoms. The summed E-state index contributed by atoms with van der Waals surface area (Å²) >= 11 is 0. The predicted molar refractivity (Wildman–Crippen MR) is 260 cm³/mol. The Labute approximate surface area is 416 Å². The normalized spacial score (nSPS) is 17.8. The molecule has 0 unspecified atom stereocenters. The molecule has 0 aliphatic carbocycles. The molecule has 2 saturated heterocycles. The van der Waals surface area contributed by atoms with Crippen LogP contribution in [0.15, 0.2) is 36.4 Å². The summed E-state index contributed by atoms with van der Waals surface area (Å²) in [4.78, 5) is 111. The molecule has 2 fully saturated rings. The first-order valence-electron chi connectivity index (χ1n) is 23.3. The molecule has 2 heterocycles. The lowest BCUT2D eigenvalue weighted by Gasteiger charge is -2.32. The Hall–Kier alpha value is -6.52. The van der Waals surface area contributed by atoms with Crippen LogP contribution in [0.2, 0.25) is 0 Å². The van der Waals surface area contributed by atoms with Crippen molar-refractivity contribution in [1.82, 2.24) is 39.2 Å². The van der Waals surface area contributed by atoms with Crippen LogP contribution < -0.4 is 20.1 Å². The number of carbonyl (C=O) groups excluding carboxylic acids is 2. The number of nitrogens with one attached hydrogen (secondary N) is 2. The number of carbonyl (C=O) groups is 8. The minimum absolute atomic E-state index is 0.124. The minimum atomic E-state index is -1.06. The van der Waals surface area contributed by atoms with Crippen LogP contribution >= 0.6 is 0 Å². The summed E-state index contributed by atoms with van der Waals surface area (Å²) in [7, 11) is 2.88. The van der Waals surface area contributed by atoms with Crippen molar-refractivity contribution in [3.63, 3.8) is 0 Å². The predicted octanol–water partition coefficient (Wildman–Crippen LogP) is -1.80. The number of ether oxygens (including phenoxy) is 2. The number of carboxylic acids is 6. The Balaban J connectivity index is 1.45. The monoisotopic (exact) mass is 1020 g/mol. The van der Waals surface area contributed by atoms with E-state index in [9.17, 15) is 69.0 Å². The van der Waals surface area contributed by atoms with Gasteiger partial charge in [-0.1, -0.05) is 12.1 Å². The molecule has 26 heteroatoms. The number of nitrogens with zero attached hydrogens (tertiary/aromatic N) is 8. The van der Waals surface area contributed by atoms with Crippen LogP contribution in [-0.2, 0) is 38.4 Å². The smallest absolute Gasteiger partial charge is 0.317 e. The van der Waals surface area contributed by atoms with E-state index in [4.69, 9.17) is 9.47 Å². The molecule has 2 aliphatic rings. The first kappa shape index (κ1) is 58.1. The topological polar surface area (TPSA) is 326 Å². The standard InChI is InChI=1S/C46H68N10O16/c1-71-37-23-33(3-5-35(37)47-39(57)25-49-7-11-51(27-41(59)60)15-19-55(31-45(67)68)20-16-52(12-8-49)28-42(61)62)34-4-6-36(38(24-34)72-2)48-40(58)26-50-9-13-53(29-43(63)64)17-21-56(32-46(69)70)22-18-54(14-10-50)30-44(65)66/h3-6,23-24H,7-22,25-32H2,1-2H3,(H,47,57)(H,48,58)(H,59,60)(H,61,62)(H,63,64)(H,65,66)(H,67,68)(H,69,70). The van der Waals surface area contributed by atoms with E-state index >= 15 is 0 Å². The Morgan fingerprint density at radius 2 is 0.556 bits per heavy atom. The molecule has 8 N–H and O–H groups in total. The number of amides is 2. The average molecular weight is 1020 g/mol. The third-order valence-electron chi connectivity index (χ3n) is 12.0. The first-order valence-corrected chi connectivity index (χ1v) is 23.3. The van der Waals surface area contributed by atoms with Gasteiger partial charge in [0, 0.05) is 105 Å². The summed E-state index contributed by atoms with van der Waals surface area (Å²) in [6.45, 7) is 1.88. The number of rotatable bonds is 21. The van der Waals surface area contributed by atoms with E-state index in [0.29, 0.717) is 34.0 Å². The fourth-order valence-electron chi connectivity index (χ4n) is 8.30. The van der Waals surface area contributed by atoms with Crippen molar-refractivity contribution in [2.45, 2.75) is 0 Å². The molecule has 4 rings (SSSR count). The third-order valence-corrected chi connectivity index (χ3v) is 12.0. The zero-order chi connectivity index (χ0) is 52.7. The van der Waals surface area contributed by atoms with Crippen LogP contribution in [0.3, 0.4) is 0 Å². The van der Waals surface area contributed by atoms with E-state index in [-0.39, 0.29) is 157 Å². The van der Waals surface area contributed by atoms with Gasteiger partial charge in [0.1, 0.15) is 11.5 Å². The molecule has 398 valence electrons.